The Morgan fingerprint density at radius 1 is 1.27 bits per heavy atom. The summed E-state index contributed by atoms with van der Waals surface area (Å²) in [6, 6.07) is 3.63. The Balaban J connectivity index is 0.00000242. The normalized spacial score (nSPS) is 19.9. The molecule has 1 aliphatic rings. The van der Waals surface area contributed by atoms with Crippen LogP contribution < -0.4 is 5.32 Å². The van der Waals surface area contributed by atoms with Crippen LogP contribution in [0.5, 0.6) is 0 Å². The van der Waals surface area contributed by atoms with Crippen molar-refractivity contribution in [3.63, 3.8) is 0 Å². The number of sulfonamides is 1. The summed E-state index contributed by atoms with van der Waals surface area (Å²) in [5.41, 5.74) is -0.851. The number of alkyl halides is 3. The molecule has 126 valence electrons. The Bertz CT molecular complexity index is 590. The van der Waals surface area contributed by atoms with Crippen LogP contribution in [0, 0.1) is 5.92 Å². The fourth-order valence-electron chi connectivity index (χ4n) is 2.44. The monoisotopic (exact) mass is 358 g/mol. The molecule has 1 unspecified atom stereocenters. The van der Waals surface area contributed by atoms with Crippen LogP contribution in [-0.2, 0) is 16.2 Å². The van der Waals surface area contributed by atoms with Crippen molar-refractivity contribution < 1.29 is 21.6 Å². The average molecular weight is 359 g/mol. The first-order chi connectivity index (χ1) is 9.75. The Hall–Kier alpha value is -0.830. The number of rotatable bonds is 4. The van der Waals surface area contributed by atoms with Crippen LogP contribution in [0.15, 0.2) is 29.2 Å². The summed E-state index contributed by atoms with van der Waals surface area (Å²) in [4.78, 5) is -0.0967. The van der Waals surface area contributed by atoms with Gasteiger partial charge < -0.3 is 5.32 Å². The fourth-order valence-corrected chi connectivity index (χ4v) is 3.97. The second-order valence-corrected chi connectivity index (χ2v) is 7.04. The molecule has 9 heteroatoms. The van der Waals surface area contributed by atoms with Crippen LogP contribution in [0.1, 0.15) is 12.0 Å². The summed E-state index contributed by atoms with van der Waals surface area (Å²) in [6.45, 7) is 1.51. The van der Waals surface area contributed by atoms with E-state index in [9.17, 15) is 21.6 Å². The number of hydrogen-bond acceptors (Lipinski definition) is 3. The van der Waals surface area contributed by atoms with E-state index in [0.29, 0.717) is 13.1 Å². The molecule has 1 aromatic rings. The van der Waals surface area contributed by atoms with Crippen molar-refractivity contribution in [2.45, 2.75) is 17.5 Å². The van der Waals surface area contributed by atoms with Crippen LogP contribution in [0.25, 0.3) is 0 Å². The van der Waals surface area contributed by atoms with E-state index in [4.69, 9.17) is 0 Å². The van der Waals surface area contributed by atoms with Crippen molar-refractivity contribution in [1.82, 2.24) is 9.62 Å². The molecule has 1 atom stereocenters. The zero-order chi connectivity index (χ0) is 15.7. The summed E-state index contributed by atoms with van der Waals surface area (Å²) in [5.74, 6) is 0.235. The minimum atomic E-state index is -4.46. The highest BCUT2D eigenvalue weighted by atomic mass is 35.5. The van der Waals surface area contributed by atoms with Gasteiger partial charge >= 0.3 is 6.18 Å². The first-order valence-electron chi connectivity index (χ1n) is 6.57. The van der Waals surface area contributed by atoms with Crippen molar-refractivity contribution in [2.75, 3.05) is 26.7 Å². The van der Waals surface area contributed by atoms with Gasteiger partial charge in [-0.1, -0.05) is 0 Å². The molecule has 0 saturated carbocycles. The first-order valence-corrected chi connectivity index (χ1v) is 8.01. The second kappa shape index (κ2) is 7.16. The Morgan fingerprint density at radius 2 is 1.86 bits per heavy atom. The largest absolute Gasteiger partial charge is 0.416 e. The lowest BCUT2D eigenvalue weighted by Gasteiger charge is -2.17. The van der Waals surface area contributed by atoms with E-state index in [0.717, 1.165) is 37.2 Å². The zero-order valence-corrected chi connectivity index (χ0v) is 13.6. The average Bonchev–Trinajstić information content (AvgIpc) is 2.88. The molecule has 1 saturated heterocycles. The lowest BCUT2D eigenvalue weighted by molar-refractivity contribution is -0.137. The summed E-state index contributed by atoms with van der Waals surface area (Å²) in [6.07, 6.45) is -3.71. The van der Waals surface area contributed by atoms with Gasteiger partial charge in [-0.15, -0.1) is 12.4 Å². The number of nitrogens with zero attached hydrogens (tertiary/aromatic N) is 1. The highest BCUT2D eigenvalue weighted by Gasteiger charge is 2.34. The molecular weight excluding hydrogens is 341 g/mol. The van der Waals surface area contributed by atoms with Crippen LogP contribution >= 0.6 is 12.4 Å². The van der Waals surface area contributed by atoms with Crippen LogP contribution in [0.3, 0.4) is 0 Å². The third kappa shape index (κ3) is 4.13. The Labute approximate surface area is 134 Å². The third-order valence-electron chi connectivity index (χ3n) is 3.56. The van der Waals surface area contributed by atoms with Crippen molar-refractivity contribution >= 4 is 22.4 Å². The molecule has 1 fully saturated rings. The van der Waals surface area contributed by atoms with Gasteiger partial charge in [0.1, 0.15) is 0 Å². The molecule has 2 rings (SSSR count). The van der Waals surface area contributed by atoms with Crippen molar-refractivity contribution in [3.8, 4) is 0 Å². The van der Waals surface area contributed by atoms with Gasteiger partial charge in [0.2, 0.25) is 10.0 Å². The van der Waals surface area contributed by atoms with Gasteiger partial charge in [-0.05, 0) is 50.2 Å². The van der Waals surface area contributed by atoms with Crippen LogP contribution in [0.2, 0.25) is 0 Å². The minimum absolute atomic E-state index is 0. The minimum Gasteiger partial charge on any atom is -0.319 e. The third-order valence-corrected chi connectivity index (χ3v) is 5.44. The van der Waals surface area contributed by atoms with Crippen molar-refractivity contribution in [3.05, 3.63) is 29.8 Å². The van der Waals surface area contributed by atoms with Gasteiger partial charge in [-0.3, -0.25) is 0 Å². The number of nitrogens with one attached hydrogen (secondary N) is 1. The van der Waals surface area contributed by atoms with E-state index in [2.05, 4.69) is 5.32 Å². The maximum absolute atomic E-state index is 12.5. The van der Waals surface area contributed by atoms with E-state index >= 15 is 0 Å². The molecule has 0 aromatic heterocycles. The number of benzene rings is 1. The highest BCUT2D eigenvalue weighted by molar-refractivity contribution is 7.89. The SMILES string of the molecule is CNCC1CCN(S(=O)(=O)c2ccc(C(F)(F)F)cc2)C1.Cl. The quantitative estimate of drug-likeness (QED) is 0.899. The van der Waals surface area contributed by atoms with Gasteiger partial charge in [0, 0.05) is 13.1 Å². The molecular formula is C13H18ClF3N2O2S. The molecule has 0 amide bonds. The van der Waals surface area contributed by atoms with Gasteiger partial charge in [-0.2, -0.15) is 17.5 Å². The predicted octanol–water partition coefficient (Wildman–Crippen LogP) is 2.36. The van der Waals surface area contributed by atoms with E-state index in [-0.39, 0.29) is 23.2 Å². The fraction of sp³-hybridized carbons (Fsp3) is 0.538. The topological polar surface area (TPSA) is 49.4 Å². The molecule has 0 radical (unpaired) electrons. The Kier molecular flexibility index (Phi) is 6.26. The molecule has 22 heavy (non-hydrogen) atoms. The maximum atomic E-state index is 12.5. The molecule has 1 aromatic carbocycles. The maximum Gasteiger partial charge on any atom is 0.416 e. The molecule has 1 N–H and O–H groups in total. The van der Waals surface area contributed by atoms with Gasteiger partial charge in [0.05, 0.1) is 10.5 Å². The van der Waals surface area contributed by atoms with Crippen molar-refractivity contribution in [2.24, 2.45) is 5.92 Å². The molecule has 0 bridgehead atoms. The summed E-state index contributed by atoms with van der Waals surface area (Å²) < 4.78 is 63.5. The highest BCUT2D eigenvalue weighted by Crippen LogP contribution is 2.31. The smallest absolute Gasteiger partial charge is 0.319 e. The number of halogens is 4. The summed E-state index contributed by atoms with van der Waals surface area (Å²) in [7, 11) is -1.92. The van der Waals surface area contributed by atoms with Gasteiger partial charge in [0.15, 0.2) is 0 Å². The van der Waals surface area contributed by atoms with Gasteiger partial charge in [0.25, 0.3) is 0 Å². The lowest BCUT2D eigenvalue weighted by Crippen LogP contribution is -2.30. The molecule has 1 heterocycles. The van der Waals surface area contributed by atoms with E-state index in [1.54, 1.807) is 7.05 Å². The molecule has 0 spiro atoms. The summed E-state index contributed by atoms with van der Waals surface area (Å²) >= 11 is 0. The predicted molar refractivity (Wildman–Crippen MR) is 79.5 cm³/mol. The summed E-state index contributed by atoms with van der Waals surface area (Å²) in [5, 5.41) is 3.00. The van der Waals surface area contributed by atoms with Gasteiger partial charge in [-0.25, -0.2) is 8.42 Å². The Morgan fingerprint density at radius 3 is 2.36 bits per heavy atom. The molecule has 1 aliphatic heterocycles. The number of hydrogen-bond donors (Lipinski definition) is 1. The standard InChI is InChI=1S/C13H17F3N2O2S.ClH/c1-17-8-10-6-7-18(9-10)21(19,20)12-4-2-11(3-5-12)13(14,15)16;/h2-5,10,17H,6-9H2,1H3;1H. The second-order valence-electron chi connectivity index (χ2n) is 5.10. The zero-order valence-electron chi connectivity index (χ0n) is 11.9. The first kappa shape index (κ1) is 19.2. The van der Waals surface area contributed by atoms with Crippen LogP contribution in [-0.4, -0.2) is 39.4 Å². The lowest BCUT2D eigenvalue weighted by atomic mass is 10.1. The van der Waals surface area contributed by atoms with Crippen molar-refractivity contribution in [1.29, 1.82) is 0 Å². The van der Waals surface area contributed by atoms with E-state index < -0.39 is 21.8 Å². The van der Waals surface area contributed by atoms with E-state index in [1.165, 1.54) is 4.31 Å². The molecule has 0 aliphatic carbocycles. The molecule has 4 nitrogen and oxygen atoms in total. The van der Waals surface area contributed by atoms with E-state index in [1.807, 2.05) is 0 Å². The van der Waals surface area contributed by atoms with Crippen LogP contribution in [0.4, 0.5) is 13.2 Å².